The first-order chi connectivity index (χ1) is 16.6. The molecule has 0 saturated heterocycles. The summed E-state index contributed by atoms with van der Waals surface area (Å²) in [6.07, 6.45) is 3.95. The van der Waals surface area contributed by atoms with Crippen LogP contribution in [0, 0.1) is 0 Å². The highest BCUT2D eigenvalue weighted by Crippen LogP contribution is 2.32. The van der Waals surface area contributed by atoms with Crippen molar-refractivity contribution in [1.29, 1.82) is 0 Å². The highest BCUT2D eigenvalue weighted by Gasteiger charge is 2.46. The Hall–Kier alpha value is -1.21. The van der Waals surface area contributed by atoms with Gasteiger partial charge in [0.25, 0.3) is 0 Å². The second-order valence-electron chi connectivity index (χ2n) is 12.0. The van der Waals surface area contributed by atoms with Crippen molar-refractivity contribution in [2.24, 2.45) is 0 Å². The van der Waals surface area contributed by atoms with E-state index in [4.69, 9.17) is 17.1 Å². The van der Waals surface area contributed by atoms with Gasteiger partial charge in [-0.2, -0.15) is 0 Å². The number of methoxy groups -OCH3 is 1. The number of benzene rings is 2. The second kappa shape index (κ2) is 13.0. The molecule has 0 aliphatic heterocycles. The molecule has 1 N–H and O–H groups in total. The molecule has 9 heteroatoms. The zero-order valence-electron chi connectivity index (χ0n) is 23.9. The van der Waals surface area contributed by atoms with Crippen LogP contribution in [0.5, 0.6) is 11.5 Å². The van der Waals surface area contributed by atoms with Gasteiger partial charge in [-0.3, -0.25) is 0 Å². The van der Waals surface area contributed by atoms with Crippen LogP contribution in [-0.2, 0) is 25.2 Å². The van der Waals surface area contributed by atoms with Gasteiger partial charge in [0.15, 0.2) is 28.1 Å². The molecule has 0 bridgehead atoms. The molecule has 0 aromatic heterocycles. The molecule has 0 aliphatic carbocycles. The number of rotatable bonds is 15. The Morgan fingerprint density at radius 3 is 1.61 bits per heavy atom. The first-order valence-electron chi connectivity index (χ1n) is 13.1. The summed E-state index contributed by atoms with van der Waals surface area (Å²) in [6, 6.07) is 18.2. The van der Waals surface area contributed by atoms with Crippen LogP contribution < -0.4 is 4.74 Å². The molecule has 0 saturated carbocycles. The van der Waals surface area contributed by atoms with Crippen molar-refractivity contribution in [2.45, 2.75) is 90.1 Å². The van der Waals surface area contributed by atoms with Crippen molar-refractivity contribution >= 4 is 33.8 Å². The van der Waals surface area contributed by atoms with Crippen LogP contribution in [0.2, 0.25) is 64.5 Å². The van der Waals surface area contributed by atoms with Gasteiger partial charge < -0.3 is 22.2 Å². The lowest BCUT2D eigenvalue weighted by Gasteiger charge is -2.43. The number of hydrogen-bond donors (Lipinski definition) is 1. The van der Waals surface area contributed by atoms with Gasteiger partial charge in [0, 0.05) is 0 Å². The molecule has 0 aliphatic rings. The van der Waals surface area contributed by atoms with E-state index >= 15 is 0 Å². The number of hydrogen-bond acceptors (Lipinski definition) is 5. The Labute approximate surface area is 223 Å². The maximum absolute atomic E-state index is 9.92. The SMILES string of the molecule is COc1cc(CCC[Si](C)(O[Si](C)(C)C)O[Si](C)(CCCc2ccccc2)O[Si](C)(C)C)ccc1O. The van der Waals surface area contributed by atoms with E-state index < -0.39 is 33.8 Å². The summed E-state index contributed by atoms with van der Waals surface area (Å²) >= 11 is 0. The van der Waals surface area contributed by atoms with E-state index in [1.807, 2.05) is 12.1 Å². The fourth-order valence-electron chi connectivity index (χ4n) is 4.75. The minimum Gasteiger partial charge on any atom is -0.504 e. The molecule has 2 rings (SSSR count). The summed E-state index contributed by atoms with van der Waals surface area (Å²) in [5.74, 6) is 0.690. The second-order valence-corrected chi connectivity index (χ2v) is 28.4. The van der Waals surface area contributed by atoms with Crippen LogP contribution in [0.1, 0.15) is 24.0 Å². The Morgan fingerprint density at radius 2 is 1.14 bits per heavy atom. The normalized spacial score (nSPS) is 15.8. The average Bonchev–Trinajstić information content (AvgIpc) is 2.72. The molecule has 0 radical (unpaired) electrons. The van der Waals surface area contributed by atoms with Gasteiger partial charge in [0.1, 0.15) is 0 Å². The minimum atomic E-state index is -2.50. The lowest BCUT2D eigenvalue weighted by Crippen LogP contribution is -2.58. The monoisotopic (exact) mass is 564 g/mol. The van der Waals surface area contributed by atoms with E-state index in [0.717, 1.165) is 43.3 Å². The largest absolute Gasteiger partial charge is 0.504 e. The molecule has 2 unspecified atom stereocenters. The molecule has 0 heterocycles. The molecular weight excluding hydrogens is 517 g/mol. The predicted molar refractivity (Wildman–Crippen MR) is 161 cm³/mol. The van der Waals surface area contributed by atoms with E-state index in [-0.39, 0.29) is 5.75 Å². The van der Waals surface area contributed by atoms with E-state index in [2.05, 4.69) is 82.7 Å². The quantitative estimate of drug-likeness (QED) is 0.223. The van der Waals surface area contributed by atoms with Crippen LogP contribution >= 0.6 is 0 Å². The van der Waals surface area contributed by atoms with Gasteiger partial charge in [-0.25, -0.2) is 0 Å². The van der Waals surface area contributed by atoms with Crippen LogP contribution in [0.25, 0.3) is 0 Å². The van der Waals surface area contributed by atoms with Gasteiger partial charge in [0.05, 0.1) is 7.11 Å². The standard InChI is InChI=1S/C27H48O5Si4/c1-29-27-23-25(19-20-26(27)28)18-14-22-36(9,31-34(5,6)7)32-35(8,30-33(2,3)4)21-13-17-24-15-11-10-12-16-24/h10-12,15-16,19-20,23,28H,13-14,17-18,21-22H2,1-9H3. The van der Waals surface area contributed by atoms with Crippen LogP contribution in [0.4, 0.5) is 0 Å². The highest BCUT2D eigenvalue weighted by atomic mass is 28.5. The lowest BCUT2D eigenvalue weighted by atomic mass is 10.1. The average molecular weight is 565 g/mol. The molecule has 202 valence electrons. The van der Waals surface area contributed by atoms with Crippen molar-refractivity contribution in [3.63, 3.8) is 0 Å². The zero-order chi connectivity index (χ0) is 27.0. The molecule has 0 spiro atoms. The fraction of sp³-hybridized carbons (Fsp3) is 0.556. The maximum atomic E-state index is 9.92. The minimum absolute atomic E-state index is 0.173. The first-order valence-corrected chi connectivity index (χ1v) is 25.0. The van der Waals surface area contributed by atoms with Crippen molar-refractivity contribution in [1.82, 2.24) is 0 Å². The fourth-order valence-corrected chi connectivity index (χ4v) is 23.1. The van der Waals surface area contributed by atoms with Crippen LogP contribution in [0.3, 0.4) is 0 Å². The van der Waals surface area contributed by atoms with E-state index in [9.17, 15) is 5.11 Å². The molecule has 2 aromatic rings. The highest BCUT2D eigenvalue weighted by molar-refractivity contribution is 6.89. The number of phenols is 1. The first kappa shape index (κ1) is 31.0. The smallest absolute Gasteiger partial charge is 0.315 e. The summed E-state index contributed by atoms with van der Waals surface area (Å²) < 4.78 is 26.2. The van der Waals surface area contributed by atoms with Gasteiger partial charge in [-0.15, -0.1) is 0 Å². The van der Waals surface area contributed by atoms with Crippen LogP contribution in [0.15, 0.2) is 48.5 Å². The number of aryl methyl sites for hydroxylation is 2. The van der Waals surface area contributed by atoms with Crippen molar-refractivity contribution in [3.8, 4) is 11.5 Å². The van der Waals surface area contributed by atoms with E-state index in [1.165, 1.54) is 5.56 Å². The molecule has 5 nitrogen and oxygen atoms in total. The summed E-state index contributed by atoms with van der Waals surface area (Å²) in [4.78, 5) is 0. The molecule has 2 aromatic carbocycles. The third-order valence-electron chi connectivity index (χ3n) is 5.76. The summed E-state index contributed by atoms with van der Waals surface area (Å²) in [7, 11) is -7.00. The molecule has 0 fully saturated rings. The van der Waals surface area contributed by atoms with Crippen LogP contribution in [-0.4, -0.2) is 46.0 Å². The zero-order valence-corrected chi connectivity index (χ0v) is 27.9. The van der Waals surface area contributed by atoms with Crippen molar-refractivity contribution < 1.29 is 22.2 Å². The molecular formula is C27H48O5Si4. The van der Waals surface area contributed by atoms with Gasteiger partial charge in [-0.1, -0.05) is 36.4 Å². The topological polar surface area (TPSA) is 57.2 Å². The van der Waals surface area contributed by atoms with Gasteiger partial charge >= 0.3 is 17.1 Å². The van der Waals surface area contributed by atoms with E-state index in [1.54, 1.807) is 13.2 Å². The molecule has 2 atom stereocenters. The van der Waals surface area contributed by atoms with Gasteiger partial charge in [-0.05, 0) is 113 Å². The molecule has 36 heavy (non-hydrogen) atoms. The van der Waals surface area contributed by atoms with Crippen molar-refractivity contribution in [2.75, 3.05) is 7.11 Å². The predicted octanol–water partition coefficient (Wildman–Crippen LogP) is 7.83. The summed E-state index contributed by atoms with van der Waals surface area (Å²) in [6.45, 7) is 18.0. The number of phenolic OH excluding ortho intramolecular Hbond substituents is 1. The van der Waals surface area contributed by atoms with Crippen molar-refractivity contribution in [3.05, 3.63) is 59.7 Å². The Kier molecular flexibility index (Phi) is 11.2. The summed E-state index contributed by atoms with van der Waals surface area (Å²) in [5, 5.41) is 9.92. The lowest BCUT2D eigenvalue weighted by molar-refractivity contribution is 0.314. The molecule has 0 amide bonds. The number of aromatic hydroxyl groups is 1. The summed E-state index contributed by atoms with van der Waals surface area (Å²) in [5.41, 5.74) is 2.51. The number of ether oxygens (including phenoxy) is 1. The third-order valence-corrected chi connectivity index (χ3v) is 20.1. The Bertz CT molecular complexity index is 945. The third kappa shape index (κ3) is 11.5. The Balaban J connectivity index is 2.16. The maximum Gasteiger partial charge on any atom is 0.315 e. The van der Waals surface area contributed by atoms with E-state index in [0.29, 0.717) is 5.75 Å². The van der Waals surface area contributed by atoms with Gasteiger partial charge in [0.2, 0.25) is 0 Å². The Morgan fingerprint density at radius 1 is 0.639 bits per heavy atom.